The standard InChI is InChI=1S/C13H21N3O4S/c1-13(2,3)7-8-15-21(19,20)10-5-6-11(14-4)12(9-10)16(17)18/h5-6,9,14-15H,7-8H2,1-4H3. The van der Waals surface area contributed by atoms with E-state index in [0.29, 0.717) is 6.42 Å². The lowest BCUT2D eigenvalue weighted by molar-refractivity contribution is -0.384. The molecular weight excluding hydrogens is 294 g/mol. The Hall–Kier alpha value is -1.67. The molecule has 118 valence electrons. The fourth-order valence-corrected chi connectivity index (χ4v) is 2.74. The number of nitro benzene ring substituents is 1. The Morgan fingerprint density at radius 2 is 1.90 bits per heavy atom. The highest BCUT2D eigenvalue weighted by Crippen LogP contribution is 2.27. The molecular formula is C13H21N3O4S. The van der Waals surface area contributed by atoms with Crippen molar-refractivity contribution in [2.24, 2.45) is 5.41 Å². The molecule has 0 amide bonds. The van der Waals surface area contributed by atoms with Crippen LogP contribution < -0.4 is 10.0 Å². The van der Waals surface area contributed by atoms with E-state index in [1.54, 1.807) is 0 Å². The molecule has 21 heavy (non-hydrogen) atoms. The molecule has 0 radical (unpaired) electrons. The zero-order valence-electron chi connectivity index (χ0n) is 12.6. The van der Waals surface area contributed by atoms with Gasteiger partial charge in [-0.15, -0.1) is 0 Å². The van der Waals surface area contributed by atoms with Crippen LogP contribution in [0.1, 0.15) is 27.2 Å². The number of sulfonamides is 1. The molecule has 0 unspecified atom stereocenters. The maximum atomic E-state index is 12.1. The number of hydrogen-bond donors (Lipinski definition) is 2. The number of nitrogens with one attached hydrogen (secondary N) is 2. The highest BCUT2D eigenvalue weighted by atomic mass is 32.2. The second-order valence-corrected chi connectivity index (χ2v) is 7.66. The van der Waals surface area contributed by atoms with Crippen LogP contribution in [0, 0.1) is 15.5 Å². The summed E-state index contributed by atoms with van der Waals surface area (Å²) in [5.41, 5.74) is 0.00895. The quantitative estimate of drug-likeness (QED) is 0.620. The molecule has 0 aliphatic carbocycles. The summed E-state index contributed by atoms with van der Waals surface area (Å²) in [5.74, 6) is 0. The van der Waals surface area contributed by atoms with E-state index in [1.807, 2.05) is 20.8 Å². The van der Waals surface area contributed by atoms with E-state index in [-0.39, 0.29) is 28.2 Å². The summed E-state index contributed by atoms with van der Waals surface area (Å²) in [7, 11) is -2.21. The molecule has 0 aliphatic heterocycles. The van der Waals surface area contributed by atoms with Crippen molar-refractivity contribution in [1.29, 1.82) is 0 Å². The van der Waals surface area contributed by atoms with Crippen LogP contribution in [-0.4, -0.2) is 26.9 Å². The minimum atomic E-state index is -3.75. The largest absolute Gasteiger partial charge is 0.383 e. The van der Waals surface area contributed by atoms with E-state index >= 15 is 0 Å². The van der Waals surface area contributed by atoms with Gasteiger partial charge in [0.2, 0.25) is 10.0 Å². The molecule has 8 heteroatoms. The molecule has 0 fully saturated rings. The maximum absolute atomic E-state index is 12.1. The van der Waals surface area contributed by atoms with E-state index in [2.05, 4.69) is 10.0 Å². The van der Waals surface area contributed by atoms with Gasteiger partial charge in [-0.05, 0) is 24.0 Å². The smallest absolute Gasteiger partial charge is 0.293 e. The fraction of sp³-hybridized carbons (Fsp3) is 0.538. The number of benzene rings is 1. The molecule has 0 saturated heterocycles. The zero-order chi connectivity index (χ0) is 16.3. The first-order valence-electron chi connectivity index (χ1n) is 6.53. The number of hydrogen-bond acceptors (Lipinski definition) is 5. The van der Waals surface area contributed by atoms with Gasteiger partial charge in [0.25, 0.3) is 5.69 Å². The van der Waals surface area contributed by atoms with Crippen molar-refractivity contribution >= 4 is 21.4 Å². The lowest BCUT2D eigenvalue weighted by Crippen LogP contribution is -2.27. The normalized spacial score (nSPS) is 12.2. The van der Waals surface area contributed by atoms with Gasteiger partial charge in [-0.2, -0.15) is 0 Å². The van der Waals surface area contributed by atoms with Crippen molar-refractivity contribution in [3.8, 4) is 0 Å². The molecule has 1 rings (SSSR count). The number of nitrogens with zero attached hydrogens (tertiary/aromatic N) is 1. The minimum absolute atomic E-state index is 0.00447. The first-order valence-corrected chi connectivity index (χ1v) is 8.01. The maximum Gasteiger partial charge on any atom is 0.293 e. The molecule has 1 aromatic rings. The average molecular weight is 315 g/mol. The molecule has 1 aromatic carbocycles. The van der Waals surface area contributed by atoms with Crippen LogP contribution >= 0.6 is 0 Å². The molecule has 0 bridgehead atoms. The SMILES string of the molecule is CNc1ccc(S(=O)(=O)NCCC(C)(C)C)cc1[N+](=O)[O-]. The van der Waals surface area contributed by atoms with E-state index in [0.717, 1.165) is 6.07 Å². The Bertz CT molecular complexity index is 621. The summed E-state index contributed by atoms with van der Waals surface area (Å²) >= 11 is 0. The molecule has 0 atom stereocenters. The highest BCUT2D eigenvalue weighted by Gasteiger charge is 2.21. The minimum Gasteiger partial charge on any atom is -0.383 e. The van der Waals surface area contributed by atoms with Gasteiger partial charge in [-0.3, -0.25) is 10.1 Å². The Balaban J connectivity index is 2.99. The fourth-order valence-electron chi connectivity index (χ4n) is 1.68. The number of anilines is 1. The van der Waals surface area contributed by atoms with Gasteiger partial charge in [0.1, 0.15) is 5.69 Å². The van der Waals surface area contributed by atoms with Crippen LogP contribution in [0.15, 0.2) is 23.1 Å². The third-order valence-corrected chi connectivity index (χ3v) is 4.37. The van der Waals surface area contributed by atoms with E-state index in [9.17, 15) is 18.5 Å². The van der Waals surface area contributed by atoms with Gasteiger partial charge >= 0.3 is 0 Å². The third-order valence-electron chi connectivity index (χ3n) is 2.91. The number of nitro groups is 1. The van der Waals surface area contributed by atoms with Gasteiger partial charge in [0, 0.05) is 19.7 Å². The van der Waals surface area contributed by atoms with Gasteiger partial charge in [-0.25, -0.2) is 13.1 Å². The van der Waals surface area contributed by atoms with E-state index in [4.69, 9.17) is 0 Å². The topological polar surface area (TPSA) is 101 Å². The Labute approximate surface area is 124 Å². The molecule has 7 nitrogen and oxygen atoms in total. The van der Waals surface area contributed by atoms with Crippen LogP contribution in [0.2, 0.25) is 0 Å². The van der Waals surface area contributed by atoms with Crippen LogP contribution in [0.3, 0.4) is 0 Å². The first kappa shape index (κ1) is 17.4. The highest BCUT2D eigenvalue weighted by molar-refractivity contribution is 7.89. The van der Waals surface area contributed by atoms with Crippen molar-refractivity contribution < 1.29 is 13.3 Å². The van der Waals surface area contributed by atoms with Crippen molar-refractivity contribution in [3.63, 3.8) is 0 Å². The third kappa shape index (κ3) is 4.98. The molecule has 0 aromatic heterocycles. The van der Waals surface area contributed by atoms with Gasteiger partial charge < -0.3 is 5.32 Å². The number of rotatable bonds is 6. The van der Waals surface area contributed by atoms with Crippen molar-refractivity contribution in [2.45, 2.75) is 32.1 Å². The molecule has 0 saturated carbocycles. The Morgan fingerprint density at radius 3 is 2.38 bits per heavy atom. The molecule has 0 aliphatic rings. The lowest BCUT2D eigenvalue weighted by atomic mass is 9.93. The van der Waals surface area contributed by atoms with E-state index in [1.165, 1.54) is 19.2 Å². The first-order chi connectivity index (χ1) is 9.57. The van der Waals surface area contributed by atoms with Crippen molar-refractivity contribution in [3.05, 3.63) is 28.3 Å². The van der Waals surface area contributed by atoms with Gasteiger partial charge in [0.05, 0.1) is 9.82 Å². The van der Waals surface area contributed by atoms with E-state index < -0.39 is 14.9 Å². The molecule has 2 N–H and O–H groups in total. The monoisotopic (exact) mass is 315 g/mol. The average Bonchev–Trinajstić information content (AvgIpc) is 2.35. The van der Waals surface area contributed by atoms with Crippen LogP contribution in [0.25, 0.3) is 0 Å². The van der Waals surface area contributed by atoms with Crippen LogP contribution in [0.5, 0.6) is 0 Å². The Morgan fingerprint density at radius 1 is 1.29 bits per heavy atom. The van der Waals surface area contributed by atoms with Crippen molar-refractivity contribution in [1.82, 2.24) is 4.72 Å². The molecule has 0 heterocycles. The summed E-state index contributed by atoms with van der Waals surface area (Å²) in [6.07, 6.45) is 0.670. The lowest BCUT2D eigenvalue weighted by Gasteiger charge is -2.18. The summed E-state index contributed by atoms with van der Waals surface area (Å²) in [6.45, 7) is 6.31. The van der Waals surface area contributed by atoms with Gasteiger partial charge in [0.15, 0.2) is 0 Å². The molecule has 0 spiro atoms. The zero-order valence-corrected chi connectivity index (χ0v) is 13.5. The predicted octanol–water partition coefficient (Wildman–Crippen LogP) is 2.35. The summed E-state index contributed by atoms with van der Waals surface area (Å²) < 4.78 is 26.7. The summed E-state index contributed by atoms with van der Waals surface area (Å²) in [5, 5.41) is 13.6. The van der Waals surface area contributed by atoms with Crippen LogP contribution in [-0.2, 0) is 10.0 Å². The summed E-state index contributed by atoms with van der Waals surface area (Å²) in [6, 6.07) is 3.79. The van der Waals surface area contributed by atoms with Crippen LogP contribution in [0.4, 0.5) is 11.4 Å². The summed E-state index contributed by atoms with van der Waals surface area (Å²) in [4.78, 5) is 10.2. The second-order valence-electron chi connectivity index (χ2n) is 5.89. The van der Waals surface area contributed by atoms with Crippen molar-refractivity contribution in [2.75, 3.05) is 18.9 Å². The van der Waals surface area contributed by atoms with Gasteiger partial charge in [-0.1, -0.05) is 20.8 Å². The Kier molecular flexibility index (Phi) is 5.30. The second kappa shape index (κ2) is 6.40. The predicted molar refractivity (Wildman–Crippen MR) is 81.9 cm³/mol.